The first kappa shape index (κ1) is 20.9. The minimum atomic E-state index is -2.76. The summed E-state index contributed by atoms with van der Waals surface area (Å²) in [6, 6.07) is 3.82. The second kappa shape index (κ2) is 7.43. The number of nitrogens with zero attached hydrogens (tertiary/aromatic N) is 5. The smallest absolute Gasteiger partial charge is 0.270 e. The van der Waals surface area contributed by atoms with Gasteiger partial charge in [-0.25, -0.2) is 18.7 Å². The number of pyridine rings is 1. The molecule has 0 spiro atoms. The Labute approximate surface area is 191 Å². The van der Waals surface area contributed by atoms with Crippen LogP contribution in [-0.4, -0.2) is 73.5 Å². The first-order valence-electron chi connectivity index (χ1n) is 10.8. The van der Waals surface area contributed by atoms with Crippen LogP contribution in [0.3, 0.4) is 0 Å². The van der Waals surface area contributed by atoms with Crippen LogP contribution >= 0.6 is 0 Å². The quantitative estimate of drug-likeness (QED) is 0.408. The monoisotopic (exact) mass is 469 g/mol. The number of aromatic nitrogens is 5. The van der Waals surface area contributed by atoms with Gasteiger partial charge in [0.05, 0.1) is 37.3 Å². The molecule has 176 valence electrons. The van der Waals surface area contributed by atoms with Crippen molar-refractivity contribution in [2.75, 3.05) is 25.6 Å². The van der Waals surface area contributed by atoms with Crippen LogP contribution in [0.25, 0.3) is 27.9 Å². The van der Waals surface area contributed by atoms with Crippen LogP contribution in [0.5, 0.6) is 0 Å². The lowest BCUT2D eigenvalue weighted by Gasteiger charge is -2.14. The fourth-order valence-corrected chi connectivity index (χ4v) is 4.39. The van der Waals surface area contributed by atoms with Crippen molar-refractivity contribution in [3.63, 3.8) is 0 Å². The van der Waals surface area contributed by atoms with Crippen LogP contribution in [0, 0.1) is 0 Å². The Morgan fingerprint density at radius 2 is 2.15 bits per heavy atom. The Balaban J connectivity index is 1.47. The van der Waals surface area contributed by atoms with Gasteiger partial charge in [0.1, 0.15) is 23.1 Å². The number of anilines is 1. The number of rotatable bonds is 5. The zero-order valence-electron chi connectivity index (χ0n) is 18.1. The Morgan fingerprint density at radius 3 is 2.85 bits per heavy atom. The molecule has 0 radical (unpaired) electrons. The Kier molecular flexibility index (Phi) is 4.58. The molecule has 12 heteroatoms. The summed E-state index contributed by atoms with van der Waals surface area (Å²) in [5.74, 6) is -2.65. The maximum absolute atomic E-state index is 13.9. The van der Waals surface area contributed by atoms with Crippen LogP contribution in [-0.2, 0) is 4.74 Å². The Morgan fingerprint density at radius 1 is 1.32 bits per heavy atom. The number of aliphatic hydroxyl groups excluding tert-OH is 1. The van der Waals surface area contributed by atoms with Crippen LogP contribution in [0.15, 0.2) is 36.8 Å². The van der Waals surface area contributed by atoms with Gasteiger partial charge < -0.3 is 25.0 Å². The van der Waals surface area contributed by atoms with Crippen molar-refractivity contribution in [1.29, 1.82) is 0 Å². The molecule has 34 heavy (non-hydrogen) atoms. The summed E-state index contributed by atoms with van der Waals surface area (Å²) in [6.07, 6.45) is 3.59. The molecule has 1 amide bonds. The number of hydrogen-bond acceptors (Lipinski definition) is 7. The van der Waals surface area contributed by atoms with Crippen LogP contribution in [0.4, 0.5) is 14.6 Å². The maximum atomic E-state index is 13.9. The third-order valence-electron chi connectivity index (χ3n) is 6.33. The minimum absolute atomic E-state index is 0.157. The predicted octanol–water partition coefficient (Wildman–Crippen LogP) is 1.86. The molecule has 6 rings (SSSR count). The second-order valence-corrected chi connectivity index (χ2v) is 8.56. The number of halogens is 2. The molecule has 10 nitrogen and oxygen atoms in total. The van der Waals surface area contributed by atoms with Crippen molar-refractivity contribution in [3.8, 4) is 11.3 Å². The Bertz CT molecular complexity index is 1430. The standard InChI is InChI=1S/C22H21F2N7O3/c1-25-18-5-14(13-8-30(17-6-22(17,23)24)19-11(13)3-2-4-26-19)28-20-12(7-27-31(18)20)21(33)29-15-9-34-10-16(15)32/h2-5,7-8,15-17,25,32H,6,9-10H2,1H3,(H,29,33)/t15?,16-,17-/m1/s1. The SMILES string of the molecule is CNc1cc(-c2cn([C@@H]3CC3(F)F)c3ncccc23)nc2c(C(=O)NC3COC[C@H]3O)cnn12. The molecule has 1 saturated carbocycles. The fourth-order valence-electron chi connectivity index (χ4n) is 4.39. The first-order chi connectivity index (χ1) is 16.4. The topological polar surface area (TPSA) is 119 Å². The largest absolute Gasteiger partial charge is 0.388 e. The molecule has 1 aliphatic carbocycles. The predicted molar refractivity (Wildman–Crippen MR) is 118 cm³/mol. The highest BCUT2D eigenvalue weighted by atomic mass is 19.3. The van der Waals surface area contributed by atoms with E-state index in [9.17, 15) is 18.7 Å². The second-order valence-electron chi connectivity index (χ2n) is 8.56. The number of nitrogens with one attached hydrogen (secondary N) is 2. The Hall–Kier alpha value is -3.64. The number of carbonyl (C=O) groups excluding carboxylic acids is 1. The van der Waals surface area contributed by atoms with Gasteiger partial charge in [0.2, 0.25) is 0 Å². The average Bonchev–Trinajstić information content (AvgIpc) is 3.22. The van der Waals surface area contributed by atoms with Crippen LogP contribution in [0.1, 0.15) is 22.8 Å². The molecular formula is C22H21F2N7O3. The normalized spacial score (nSPS) is 23.5. The highest BCUT2D eigenvalue weighted by Gasteiger charge is 2.58. The lowest BCUT2D eigenvalue weighted by molar-refractivity contribution is 0.0887. The van der Waals surface area contributed by atoms with E-state index in [1.807, 2.05) is 6.07 Å². The number of ether oxygens (including phenoxy) is 1. The van der Waals surface area contributed by atoms with E-state index in [2.05, 4.69) is 25.7 Å². The molecule has 1 saturated heterocycles. The number of alkyl halides is 2. The van der Waals surface area contributed by atoms with Gasteiger partial charge in [0.25, 0.3) is 11.8 Å². The van der Waals surface area contributed by atoms with Gasteiger partial charge in [-0.3, -0.25) is 4.79 Å². The third-order valence-corrected chi connectivity index (χ3v) is 6.33. The van der Waals surface area contributed by atoms with Crippen molar-refractivity contribution >= 4 is 28.4 Å². The number of amides is 1. The summed E-state index contributed by atoms with van der Waals surface area (Å²) in [4.78, 5) is 22.0. The number of carbonyl (C=O) groups is 1. The van der Waals surface area contributed by atoms with E-state index in [-0.39, 0.29) is 30.8 Å². The van der Waals surface area contributed by atoms with E-state index in [1.165, 1.54) is 15.3 Å². The minimum Gasteiger partial charge on any atom is -0.388 e. The summed E-state index contributed by atoms with van der Waals surface area (Å²) < 4.78 is 36.0. The summed E-state index contributed by atoms with van der Waals surface area (Å²) in [7, 11) is 1.71. The van der Waals surface area contributed by atoms with Gasteiger partial charge in [0, 0.05) is 42.9 Å². The fraction of sp³-hybridized carbons (Fsp3) is 0.364. The number of fused-ring (bicyclic) bond motifs is 2. The van der Waals surface area contributed by atoms with Crippen molar-refractivity contribution in [2.24, 2.45) is 0 Å². The number of hydrogen-bond donors (Lipinski definition) is 3. The van der Waals surface area contributed by atoms with Crippen molar-refractivity contribution in [3.05, 3.63) is 42.4 Å². The van der Waals surface area contributed by atoms with Gasteiger partial charge in [-0.05, 0) is 12.1 Å². The molecule has 2 fully saturated rings. The average molecular weight is 469 g/mol. The van der Waals surface area contributed by atoms with Gasteiger partial charge in [-0.1, -0.05) is 0 Å². The summed E-state index contributed by atoms with van der Waals surface area (Å²) >= 11 is 0. The van der Waals surface area contributed by atoms with Crippen LogP contribution < -0.4 is 10.6 Å². The zero-order chi connectivity index (χ0) is 23.6. The molecule has 4 aromatic heterocycles. The highest BCUT2D eigenvalue weighted by Crippen LogP contribution is 2.54. The molecule has 0 bridgehead atoms. The molecule has 3 N–H and O–H groups in total. The molecule has 4 aromatic rings. The summed E-state index contributed by atoms with van der Waals surface area (Å²) in [5.41, 5.74) is 2.06. The highest BCUT2D eigenvalue weighted by molar-refractivity contribution is 6.01. The lowest BCUT2D eigenvalue weighted by Crippen LogP contribution is -2.42. The maximum Gasteiger partial charge on any atom is 0.270 e. The van der Waals surface area contributed by atoms with Gasteiger partial charge in [-0.2, -0.15) is 9.61 Å². The first-order valence-corrected chi connectivity index (χ1v) is 10.8. The van der Waals surface area contributed by atoms with E-state index in [0.717, 1.165) is 0 Å². The van der Waals surface area contributed by atoms with E-state index in [1.54, 1.807) is 31.6 Å². The van der Waals surface area contributed by atoms with Crippen molar-refractivity contribution in [2.45, 2.75) is 30.5 Å². The van der Waals surface area contributed by atoms with Gasteiger partial charge in [-0.15, -0.1) is 0 Å². The molecular weight excluding hydrogens is 448 g/mol. The van der Waals surface area contributed by atoms with Gasteiger partial charge in [0.15, 0.2) is 5.65 Å². The molecule has 1 aliphatic heterocycles. The van der Waals surface area contributed by atoms with E-state index in [0.29, 0.717) is 28.1 Å². The molecule has 5 heterocycles. The number of aliphatic hydroxyl groups is 1. The summed E-state index contributed by atoms with van der Waals surface area (Å²) in [5, 5.41) is 20.7. The zero-order valence-corrected chi connectivity index (χ0v) is 18.1. The lowest BCUT2D eigenvalue weighted by atomic mass is 10.1. The van der Waals surface area contributed by atoms with Crippen LogP contribution in [0.2, 0.25) is 0 Å². The summed E-state index contributed by atoms with van der Waals surface area (Å²) in [6.45, 7) is 0.370. The third kappa shape index (κ3) is 3.21. The van der Waals surface area contributed by atoms with Gasteiger partial charge >= 0.3 is 0 Å². The van der Waals surface area contributed by atoms with E-state index >= 15 is 0 Å². The van der Waals surface area contributed by atoms with E-state index < -0.39 is 30.0 Å². The van der Waals surface area contributed by atoms with Crippen molar-refractivity contribution in [1.82, 2.24) is 29.5 Å². The van der Waals surface area contributed by atoms with E-state index in [4.69, 9.17) is 4.74 Å². The molecule has 2 aliphatic rings. The molecule has 1 unspecified atom stereocenters. The molecule has 0 aromatic carbocycles. The molecule has 3 atom stereocenters. The van der Waals surface area contributed by atoms with Crippen molar-refractivity contribution < 1.29 is 23.4 Å².